The maximum atomic E-state index is 12.6. The Labute approximate surface area is 113 Å². The molecule has 0 saturated carbocycles. The Kier molecular flexibility index (Phi) is 3.08. The molecule has 0 unspecified atom stereocenters. The summed E-state index contributed by atoms with van der Waals surface area (Å²) in [5.74, 6) is 1.00. The van der Waals surface area contributed by atoms with Crippen LogP contribution in [0.15, 0.2) is 48.5 Å². The monoisotopic (exact) mass is 252 g/mol. The first-order valence-electron chi connectivity index (χ1n) is 6.55. The van der Waals surface area contributed by atoms with E-state index in [9.17, 15) is 4.79 Å². The molecule has 0 bridgehead atoms. The van der Waals surface area contributed by atoms with Crippen LogP contribution in [0.1, 0.15) is 33.8 Å². The predicted octanol–water partition coefficient (Wildman–Crippen LogP) is 3.61. The Morgan fingerprint density at radius 3 is 2.79 bits per heavy atom. The van der Waals surface area contributed by atoms with E-state index in [0.717, 1.165) is 29.7 Å². The maximum Gasteiger partial charge on any atom is 0.170 e. The third-order valence-electron chi connectivity index (χ3n) is 3.80. The lowest BCUT2D eigenvalue weighted by atomic mass is 9.79. The van der Waals surface area contributed by atoms with Crippen LogP contribution < -0.4 is 4.74 Å². The smallest absolute Gasteiger partial charge is 0.170 e. The van der Waals surface area contributed by atoms with Gasteiger partial charge in [-0.2, -0.15) is 0 Å². The number of benzene rings is 2. The fourth-order valence-corrected chi connectivity index (χ4v) is 2.77. The highest BCUT2D eigenvalue weighted by Gasteiger charge is 2.28. The largest absolute Gasteiger partial charge is 0.497 e. The topological polar surface area (TPSA) is 26.3 Å². The lowest BCUT2D eigenvalue weighted by Crippen LogP contribution is -2.20. The zero-order chi connectivity index (χ0) is 13.2. The molecule has 0 aromatic heterocycles. The van der Waals surface area contributed by atoms with Gasteiger partial charge in [0.05, 0.1) is 7.11 Å². The van der Waals surface area contributed by atoms with E-state index in [0.29, 0.717) is 0 Å². The maximum absolute atomic E-state index is 12.6. The highest BCUT2D eigenvalue weighted by atomic mass is 16.5. The van der Waals surface area contributed by atoms with Gasteiger partial charge in [0, 0.05) is 11.5 Å². The second-order valence-electron chi connectivity index (χ2n) is 4.89. The molecular weight excluding hydrogens is 236 g/mol. The van der Waals surface area contributed by atoms with Crippen LogP contribution in [-0.2, 0) is 6.42 Å². The van der Waals surface area contributed by atoms with Crippen LogP contribution >= 0.6 is 0 Å². The fraction of sp³-hybridized carbons (Fsp3) is 0.235. The molecule has 0 N–H and O–H groups in total. The summed E-state index contributed by atoms with van der Waals surface area (Å²) in [4.78, 5) is 12.6. The Morgan fingerprint density at radius 1 is 1.11 bits per heavy atom. The van der Waals surface area contributed by atoms with Crippen molar-refractivity contribution in [2.24, 2.45) is 0 Å². The van der Waals surface area contributed by atoms with Gasteiger partial charge >= 0.3 is 0 Å². The van der Waals surface area contributed by atoms with E-state index in [1.54, 1.807) is 7.11 Å². The van der Waals surface area contributed by atoms with Crippen molar-refractivity contribution >= 4 is 5.78 Å². The van der Waals surface area contributed by atoms with E-state index in [2.05, 4.69) is 6.07 Å². The number of ketones is 1. The summed E-state index contributed by atoms with van der Waals surface area (Å²) in [6, 6.07) is 15.8. The number of aryl methyl sites for hydroxylation is 1. The van der Waals surface area contributed by atoms with Crippen molar-refractivity contribution in [3.05, 3.63) is 65.2 Å². The van der Waals surface area contributed by atoms with Crippen molar-refractivity contribution in [2.75, 3.05) is 7.11 Å². The van der Waals surface area contributed by atoms with Crippen LogP contribution in [0.5, 0.6) is 5.75 Å². The molecule has 0 heterocycles. The molecule has 0 saturated heterocycles. The standard InChI is InChI=1S/C17H16O2/c1-19-14-7-4-6-13(11-14)16-10-9-12-5-2-3-8-15(12)17(16)18/h2-8,11,16H,9-10H2,1H3/t16-/m0/s1. The summed E-state index contributed by atoms with van der Waals surface area (Å²) in [5.41, 5.74) is 3.10. The number of rotatable bonds is 2. The van der Waals surface area contributed by atoms with Gasteiger partial charge in [0.2, 0.25) is 0 Å². The summed E-state index contributed by atoms with van der Waals surface area (Å²) in [6.45, 7) is 0. The van der Waals surface area contributed by atoms with Gasteiger partial charge in [-0.05, 0) is 36.1 Å². The minimum Gasteiger partial charge on any atom is -0.497 e. The first kappa shape index (κ1) is 12.0. The number of ether oxygens (including phenoxy) is 1. The summed E-state index contributed by atoms with van der Waals surface area (Å²) in [6.07, 6.45) is 1.84. The van der Waals surface area contributed by atoms with Crippen LogP contribution in [0.3, 0.4) is 0 Å². The molecule has 2 aromatic carbocycles. The molecule has 0 aliphatic heterocycles. The summed E-state index contributed by atoms with van der Waals surface area (Å²) < 4.78 is 5.24. The molecule has 2 heteroatoms. The molecule has 96 valence electrons. The normalized spacial score (nSPS) is 17.9. The lowest BCUT2D eigenvalue weighted by molar-refractivity contribution is 0.0946. The molecule has 3 rings (SSSR count). The number of hydrogen-bond donors (Lipinski definition) is 0. The van der Waals surface area contributed by atoms with Crippen LogP contribution in [0.4, 0.5) is 0 Å². The summed E-state index contributed by atoms with van der Waals surface area (Å²) in [5, 5.41) is 0. The van der Waals surface area contributed by atoms with E-state index in [4.69, 9.17) is 4.74 Å². The molecule has 0 amide bonds. The molecule has 0 spiro atoms. The minimum atomic E-state index is -0.0370. The number of Topliss-reactive ketones (excluding diaryl/α,β-unsaturated/α-hetero) is 1. The highest BCUT2D eigenvalue weighted by molar-refractivity contribution is 6.03. The van der Waals surface area contributed by atoms with E-state index in [-0.39, 0.29) is 11.7 Å². The van der Waals surface area contributed by atoms with E-state index >= 15 is 0 Å². The molecule has 0 radical (unpaired) electrons. The SMILES string of the molecule is COc1cccc([C@@H]2CCc3ccccc3C2=O)c1. The number of carbonyl (C=O) groups is 1. The first-order valence-corrected chi connectivity index (χ1v) is 6.55. The van der Waals surface area contributed by atoms with Crippen molar-refractivity contribution < 1.29 is 9.53 Å². The lowest BCUT2D eigenvalue weighted by Gasteiger charge is -2.23. The van der Waals surface area contributed by atoms with Crippen molar-refractivity contribution in [1.29, 1.82) is 0 Å². The Hall–Kier alpha value is -2.09. The fourth-order valence-electron chi connectivity index (χ4n) is 2.77. The quantitative estimate of drug-likeness (QED) is 0.816. The molecule has 1 aliphatic carbocycles. The van der Waals surface area contributed by atoms with Crippen LogP contribution in [0.25, 0.3) is 0 Å². The second kappa shape index (κ2) is 4.88. The number of fused-ring (bicyclic) bond motifs is 1. The average molecular weight is 252 g/mol. The van der Waals surface area contributed by atoms with Gasteiger partial charge in [0.15, 0.2) is 5.78 Å². The van der Waals surface area contributed by atoms with Crippen molar-refractivity contribution in [2.45, 2.75) is 18.8 Å². The van der Waals surface area contributed by atoms with Gasteiger partial charge in [0.1, 0.15) is 5.75 Å². The highest BCUT2D eigenvalue weighted by Crippen LogP contribution is 2.33. The van der Waals surface area contributed by atoms with Crippen LogP contribution in [0.2, 0.25) is 0 Å². The molecule has 0 fully saturated rings. The van der Waals surface area contributed by atoms with Crippen LogP contribution in [-0.4, -0.2) is 12.9 Å². The molecular formula is C17H16O2. The number of carbonyl (C=O) groups excluding carboxylic acids is 1. The van der Waals surface area contributed by atoms with Gasteiger partial charge in [-0.1, -0.05) is 36.4 Å². The minimum absolute atomic E-state index is 0.0370. The zero-order valence-corrected chi connectivity index (χ0v) is 10.9. The molecule has 1 aliphatic rings. The number of methoxy groups -OCH3 is 1. The van der Waals surface area contributed by atoms with E-state index < -0.39 is 0 Å². The van der Waals surface area contributed by atoms with E-state index in [1.807, 2.05) is 42.5 Å². The van der Waals surface area contributed by atoms with Crippen molar-refractivity contribution in [3.8, 4) is 5.75 Å². The average Bonchev–Trinajstić information content (AvgIpc) is 2.48. The molecule has 1 atom stereocenters. The molecule has 2 nitrogen and oxygen atoms in total. The van der Waals surface area contributed by atoms with Crippen molar-refractivity contribution in [1.82, 2.24) is 0 Å². The summed E-state index contributed by atoms with van der Waals surface area (Å²) in [7, 11) is 1.65. The van der Waals surface area contributed by atoms with Crippen molar-refractivity contribution in [3.63, 3.8) is 0 Å². The second-order valence-corrected chi connectivity index (χ2v) is 4.89. The Balaban J connectivity index is 1.97. The zero-order valence-electron chi connectivity index (χ0n) is 10.9. The third kappa shape index (κ3) is 2.14. The van der Waals surface area contributed by atoms with Gasteiger partial charge in [-0.3, -0.25) is 4.79 Å². The van der Waals surface area contributed by atoms with Gasteiger partial charge in [-0.25, -0.2) is 0 Å². The molecule has 2 aromatic rings. The summed E-state index contributed by atoms with van der Waals surface area (Å²) >= 11 is 0. The Bertz CT molecular complexity index is 616. The molecule has 19 heavy (non-hydrogen) atoms. The van der Waals surface area contributed by atoms with Crippen LogP contribution in [0, 0.1) is 0 Å². The third-order valence-corrected chi connectivity index (χ3v) is 3.80. The number of hydrogen-bond acceptors (Lipinski definition) is 2. The predicted molar refractivity (Wildman–Crippen MR) is 74.8 cm³/mol. The van der Waals surface area contributed by atoms with Gasteiger partial charge in [0.25, 0.3) is 0 Å². The van der Waals surface area contributed by atoms with E-state index in [1.165, 1.54) is 5.56 Å². The first-order chi connectivity index (χ1) is 9.29. The van der Waals surface area contributed by atoms with Gasteiger partial charge in [-0.15, -0.1) is 0 Å². The van der Waals surface area contributed by atoms with Gasteiger partial charge < -0.3 is 4.74 Å². The Morgan fingerprint density at radius 2 is 1.95 bits per heavy atom.